The molecule has 3 rings (SSSR count). The summed E-state index contributed by atoms with van der Waals surface area (Å²) in [5.74, 6) is 0. The van der Waals surface area contributed by atoms with Crippen molar-refractivity contribution in [2.24, 2.45) is 0 Å². The zero-order valence-corrected chi connectivity index (χ0v) is 15.5. The van der Waals surface area contributed by atoms with Crippen molar-refractivity contribution in [1.82, 2.24) is 14.1 Å². The van der Waals surface area contributed by atoms with Gasteiger partial charge in [0.1, 0.15) is 0 Å². The van der Waals surface area contributed by atoms with Crippen molar-refractivity contribution < 1.29 is 31.1 Å². The van der Waals surface area contributed by atoms with Gasteiger partial charge in [0.15, 0.2) is 0 Å². The number of benzene rings is 1. The van der Waals surface area contributed by atoms with Gasteiger partial charge in [-0.15, -0.1) is 0 Å². The molecule has 0 radical (unpaired) electrons. The summed E-state index contributed by atoms with van der Waals surface area (Å²) in [6.07, 6.45) is -4.64. The van der Waals surface area contributed by atoms with Crippen LogP contribution in [0.15, 0.2) is 29.2 Å². The van der Waals surface area contributed by atoms with Gasteiger partial charge in [0.05, 0.1) is 30.3 Å². The van der Waals surface area contributed by atoms with E-state index in [0.717, 1.165) is 22.5 Å². The normalized spacial score (nSPS) is 22.3. The highest BCUT2D eigenvalue weighted by atomic mass is 32.2. The second kappa shape index (κ2) is 7.28. The Labute approximate surface area is 155 Å². The van der Waals surface area contributed by atoms with E-state index in [9.17, 15) is 26.4 Å². The fourth-order valence-electron chi connectivity index (χ4n) is 3.10. The number of sulfonamides is 1. The zero-order valence-electron chi connectivity index (χ0n) is 14.6. The van der Waals surface area contributed by atoms with Gasteiger partial charge in [0.2, 0.25) is 10.0 Å². The lowest BCUT2D eigenvalue weighted by Gasteiger charge is -2.32. The van der Waals surface area contributed by atoms with E-state index in [0.29, 0.717) is 32.4 Å². The Morgan fingerprint density at radius 1 is 1.22 bits per heavy atom. The van der Waals surface area contributed by atoms with Crippen LogP contribution in [0, 0.1) is 0 Å². The van der Waals surface area contributed by atoms with E-state index in [1.54, 1.807) is 11.8 Å². The van der Waals surface area contributed by atoms with Crippen molar-refractivity contribution in [2.75, 3.05) is 39.5 Å². The first-order chi connectivity index (χ1) is 12.6. The summed E-state index contributed by atoms with van der Waals surface area (Å²) in [6.45, 7) is 3.20. The molecule has 1 atom stereocenters. The van der Waals surface area contributed by atoms with Crippen LogP contribution in [0.3, 0.4) is 0 Å². The number of hydrogen-bond acceptors (Lipinski definition) is 4. The maximum Gasteiger partial charge on any atom is 0.416 e. The maximum atomic E-state index is 12.9. The molecule has 0 N–H and O–H groups in total. The van der Waals surface area contributed by atoms with E-state index in [-0.39, 0.29) is 25.3 Å². The number of carbonyl (C=O) groups excluding carboxylic acids is 1. The van der Waals surface area contributed by atoms with Gasteiger partial charge in [-0.1, -0.05) is 6.07 Å². The number of alkyl halides is 3. The van der Waals surface area contributed by atoms with Gasteiger partial charge in [-0.25, -0.2) is 13.2 Å². The third-order valence-electron chi connectivity index (χ3n) is 4.64. The number of carbonyl (C=O) groups is 1. The number of morpholine rings is 1. The molecule has 2 heterocycles. The van der Waals surface area contributed by atoms with Crippen LogP contribution >= 0.6 is 0 Å². The predicted octanol–water partition coefficient (Wildman–Crippen LogP) is 1.81. The molecular weight excluding hydrogens is 387 g/mol. The molecule has 150 valence electrons. The van der Waals surface area contributed by atoms with E-state index in [4.69, 9.17) is 4.74 Å². The zero-order chi connectivity index (χ0) is 19.8. The number of amides is 2. The summed E-state index contributed by atoms with van der Waals surface area (Å²) in [4.78, 5) is 15.2. The number of urea groups is 1. The predicted molar refractivity (Wildman–Crippen MR) is 89.3 cm³/mol. The average molecular weight is 407 g/mol. The van der Waals surface area contributed by atoms with Gasteiger partial charge in [0, 0.05) is 25.7 Å². The lowest BCUT2D eigenvalue weighted by molar-refractivity contribution is -0.137. The molecule has 7 nitrogen and oxygen atoms in total. The molecule has 27 heavy (non-hydrogen) atoms. The molecule has 2 fully saturated rings. The SMILES string of the molecule is C[C@@H]1CN(S(=O)(=O)c2cccc(C(F)(F)F)c2)CN1C(=O)N1CCOCC1. The first-order valence-electron chi connectivity index (χ1n) is 8.41. The van der Waals surface area contributed by atoms with Crippen LogP contribution in [0.5, 0.6) is 0 Å². The van der Waals surface area contributed by atoms with Crippen molar-refractivity contribution >= 4 is 16.1 Å². The third-order valence-corrected chi connectivity index (χ3v) is 6.43. The minimum Gasteiger partial charge on any atom is -0.378 e. The average Bonchev–Trinajstić information content (AvgIpc) is 3.04. The van der Waals surface area contributed by atoms with E-state index in [2.05, 4.69) is 0 Å². The molecule has 1 aromatic carbocycles. The van der Waals surface area contributed by atoms with E-state index < -0.39 is 26.7 Å². The van der Waals surface area contributed by atoms with Crippen molar-refractivity contribution in [3.8, 4) is 0 Å². The largest absolute Gasteiger partial charge is 0.416 e. The Morgan fingerprint density at radius 2 is 1.89 bits per heavy atom. The Balaban J connectivity index is 1.79. The van der Waals surface area contributed by atoms with E-state index in [1.165, 1.54) is 4.90 Å². The maximum absolute atomic E-state index is 12.9. The highest BCUT2D eigenvalue weighted by molar-refractivity contribution is 7.89. The number of halogens is 3. The summed E-state index contributed by atoms with van der Waals surface area (Å²) in [5, 5.41) is 0. The topological polar surface area (TPSA) is 70.2 Å². The van der Waals surface area contributed by atoms with Crippen molar-refractivity contribution in [3.63, 3.8) is 0 Å². The number of rotatable bonds is 2. The van der Waals surface area contributed by atoms with Crippen LogP contribution in [0.2, 0.25) is 0 Å². The lowest BCUT2D eigenvalue weighted by atomic mass is 10.2. The van der Waals surface area contributed by atoms with Crippen molar-refractivity contribution in [3.05, 3.63) is 29.8 Å². The van der Waals surface area contributed by atoms with Crippen molar-refractivity contribution in [1.29, 1.82) is 0 Å². The van der Waals surface area contributed by atoms with Gasteiger partial charge >= 0.3 is 12.2 Å². The molecule has 0 bridgehead atoms. The smallest absolute Gasteiger partial charge is 0.378 e. The molecule has 2 saturated heterocycles. The van der Waals surface area contributed by atoms with Crippen LogP contribution in [-0.4, -0.2) is 74.1 Å². The standard InChI is InChI=1S/C16H20F3N3O4S/c1-12-10-21(11-22(12)15(23)20-5-7-26-8-6-20)27(24,25)14-4-2-3-13(9-14)16(17,18)19/h2-4,9,12H,5-8,10-11H2,1H3/t12-/m1/s1. The quantitative estimate of drug-likeness (QED) is 0.750. The molecule has 2 aliphatic heterocycles. The van der Waals surface area contributed by atoms with Crippen LogP contribution in [0.1, 0.15) is 12.5 Å². The molecule has 0 aromatic heterocycles. The fourth-order valence-corrected chi connectivity index (χ4v) is 4.61. The fraction of sp³-hybridized carbons (Fsp3) is 0.562. The number of nitrogens with zero attached hydrogens (tertiary/aromatic N) is 3. The third kappa shape index (κ3) is 4.04. The molecule has 2 amide bonds. The summed E-state index contributed by atoms with van der Waals surface area (Å²) in [5.41, 5.74) is -1.03. The number of hydrogen-bond donors (Lipinski definition) is 0. The molecule has 1 aromatic rings. The monoisotopic (exact) mass is 407 g/mol. The van der Waals surface area contributed by atoms with Gasteiger partial charge in [-0.3, -0.25) is 0 Å². The van der Waals surface area contributed by atoms with E-state index >= 15 is 0 Å². The van der Waals surface area contributed by atoms with Crippen LogP contribution in [0.25, 0.3) is 0 Å². The molecular formula is C16H20F3N3O4S. The minimum absolute atomic E-state index is 0.0225. The van der Waals surface area contributed by atoms with Crippen LogP contribution in [0.4, 0.5) is 18.0 Å². The number of ether oxygens (including phenoxy) is 1. The Hall–Kier alpha value is -1.85. The lowest BCUT2D eigenvalue weighted by Crippen LogP contribution is -2.49. The van der Waals surface area contributed by atoms with Gasteiger partial charge in [-0.05, 0) is 25.1 Å². The van der Waals surface area contributed by atoms with E-state index in [1.807, 2.05) is 0 Å². The van der Waals surface area contributed by atoms with Crippen LogP contribution < -0.4 is 0 Å². The van der Waals surface area contributed by atoms with Gasteiger partial charge < -0.3 is 14.5 Å². The molecule has 2 aliphatic rings. The summed E-state index contributed by atoms with van der Waals surface area (Å²) in [6, 6.07) is 2.94. The van der Waals surface area contributed by atoms with Crippen LogP contribution in [-0.2, 0) is 20.9 Å². The van der Waals surface area contributed by atoms with Gasteiger partial charge in [0.25, 0.3) is 0 Å². The second-order valence-corrected chi connectivity index (χ2v) is 8.45. The highest BCUT2D eigenvalue weighted by Gasteiger charge is 2.40. The molecule has 11 heteroatoms. The summed E-state index contributed by atoms with van der Waals surface area (Å²) in [7, 11) is -4.16. The first-order valence-corrected chi connectivity index (χ1v) is 9.85. The molecule has 0 aliphatic carbocycles. The molecule has 0 spiro atoms. The Kier molecular flexibility index (Phi) is 5.37. The summed E-state index contributed by atoms with van der Waals surface area (Å²) < 4.78 is 70.5. The highest BCUT2D eigenvalue weighted by Crippen LogP contribution is 2.32. The van der Waals surface area contributed by atoms with Gasteiger partial charge in [-0.2, -0.15) is 17.5 Å². The second-order valence-electron chi connectivity index (χ2n) is 6.51. The van der Waals surface area contributed by atoms with Crippen molar-refractivity contribution in [2.45, 2.75) is 24.0 Å². The Bertz CT molecular complexity index is 809. The first kappa shape index (κ1) is 19.9. The summed E-state index contributed by atoms with van der Waals surface area (Å²) >= 11 is 0. The minimum atomic E-state index is -4.64. The molecule has 0 unspecified atom stereocenters. The molecule has 0 saturated carbocycles. The Morgan fingerprint density at radius 3 is 2.52 bits per heavy atom.